The molecule has 1 aromatic heterocycles. The van der Waals surface area contributed by atoms with Crippen molar-refractivity contribution < 1.29 is 0 Å². The van der Waals surface area contributed by atoms with Gasteiger partial charge in [-0.15, -0.1) is 11.3 Å². The molecule has 0 unspecified atom stereocenters. The van der Waals surface area contributed by atoms with Crippen LogP contribution in [0.2, 0.25) is 5.02 Å². The Morgan fingerprint density at radius 1 is 0.559 bits per heavy atom. The molecule has 0 radical (unpaired) electrons. The first-order chi connectivity index (χ1) is 16.8. The number of rotatable bonds is 0. The van der Waals surface area contributed by atoms with Crippen LogP contribution in [0.3, 0.4) is 0 Å². The molecule has 34 heavy (non-hydrogen) atoms. The van der Waals surface area contributed by atoms with Gasteiger partial charge in [0.25, 0.3) is 0 Å². The summed E-state index contributed by atoms with van der Waals surface area (Å²) in [5.74, 6) is 0. The molecule has 2 heterocycles. The smallest absolute Gasteiger partial charge is 0.0735 e. The van der Waals surface area contributed by atoms with Crippen LogP contribution in [-0.2, 0) is 5.41 Å². The molecule has 1 aliphatic heterocycles. The molecule has 8 rings (SSSR count). The van der Waals surface area contributed by atoms with Crippen LogP contribution in [0.25, 0.3) is 31.3 Å². The lowest BCUT2D eigenvalue weighted by Crippen LogP contribution is -2.31. The second kappa shape index (κ2) is 6.76. The Morgan fingerprint density at radius 2 is 1.24 bits per heavy atom. The molecule has 1 spiro atoms. The van der Waals surface area contributed by atoms with Gasteiger partial charge in [-0.2, -0.15) is 0 Å². The van der Waals surface area contributed by atoms with Gasteiger partial charge in [-0.25, -0.2) is 0 Å². The van der Waals surface area contributed by atoms with Crippen molar-refractivity contribution in [1.82, 2.24) is 0 Å². The predicted molar refractivity (Wildman–Crippen MR) is 146 cm³/mol. The molecular formula is C31H17ClS2. The van der Waals surface area contributed by atoms with Crippen molar-refractivity contribution >= 4 is 54.9 Å². The standard InChI is InChI=1S/C31H17ClS2/c32-26-14-7-10-20-21-16-29-25(17-28(21)34-30(20)26)31(24-13-5-6-15-27(24)33-29)22-11-3-1-8-18(22)19-9-2-4-12-23(19)31/h1-17H. The van der Waals surface area contributed by atoms with Crippen LogP contribution in [0.4, 0.5) is 0 Å². The Balaban J connectivity index is 1.58. The fraction of sp³-hybridized carbons (Fsp3) is 0.0323. The first kappa shape index (κ1) is 19.3. The summed E-state index contributed by atoms with van der Waals surface area (Å²) >= 11 is 10.3. The summed E-state index contributed by atoms with van der Waals surface area (Å²) < 4.78 is 2.47. The zero-order valence-corrected chi connectivity index (χ0v) is 20.4. The highest BCUT2D eigenvalue weighted by atomic mass is 35.5. The fourth-order valence-corrected chi connectivity index (χ4v) is 8.74. The van der Waals surface area contributed by atoms with Gasteiger partial charge in [0.1, 0.15) is 0 Å². The van der Waals surface area contributed by atoms with Gasteiger partial charge in [0.15, 0.2) is 0 Å². The summed E-state index contributed by atoms with van der Waals surface area (Å²) in [5, 5.41) is 3.37. The molecule has 3 heteroatoms. The monoisotopic (exact) mass is 488 g/mol. The maximum Gasteiger partial charge on any atom is 0.0735 e. The van der Waals surface area contributed by atoms with Gasteiger partial charge in [-0.1, -0.05) is 102 Å². The molecular weight excluding hydrogens is 472 g/mol. The van der Waals surface area contributed by atoms with Gasteiger partial charge < -0.3 is 0 Å². The van der Waals surface area contributed by atoms with E-state index < -0.39 is 0 Å². The fourth-order valence-electron chi connectivity index (χ4n) is 6.11. The molecule has 0 saturated carbocycles. The van der Waals surface area contributed by atoms with E-state index in [1.54, 1.807) is 11.3 Å². The van der Waals surface area contributed by atoms with Gasteiger partial charge in [0.05, 0.1) is 15.1 Å². The minimum Gasteiger partial charge on any atom is -0.134 e. The number of fused-ring (bicyclic) bond motifs is 12. The first-order valence-electron chi connectivity index (χ1n) is 11.4. The van der Waals surface area contributed by atoms with Crippen LogP contribution < -0.4 is 0 Å². The molecule has 0 nitrogen and oxygen atoms in total. The molecule has 2 aliphatic rings. The Kier molecular flexibility index (Phi) is 3.84. The average molecular weight is 489 g/mol. The Morgan fingerprint density at radius 3 is 2.00 bits per heavy atom. The van der Waals surface area contributed by atoms with Crippen molar-refractivity contribution in [3.8, 4) is 11.1 Å². The predicted octanol–water partition coefficient (Wildman–Crippen LogP) is 9.54. The lowest BCUT2D eigenvalue weighted by Gasteiger charge is -2.39. The molecule has 0 atom stereocenters. The minimum atomic E-state index is -0.321. The van der Waals surface area contributed by atoms with E-state index in [1.165, 1.54) is 63.3 Å². The van der Waals surface area contributed by atoms with Crippen molar-refractivity contribution in [3.05, 3.63) is 130 Å². The molecule has 0 bridgehead atoms. The van der Waals surface area contributed by atoms with Gasteiger partial charge >= 0.3 is 0 Å². The first-order valence-corrected chi connectivity index (χ1v) is 13.4. The molecule has 0 N–H and O–H groups in total. The summed E-state index contributed by atoms with van der Waals surface area (Å²) in [7, 11) is 0. The number of thiophene rings is 1. The maximum absolute atomic E-state index is 6.62. The van der Waals surface area contributed by atoms with Gasteiger partial charge in [0.2, 0.25) is 0 Å². The highest BCUT2D eigenvalue weighted by Gasteiger charge is 2.50. The van der Waals surface area contributed by atoms with Crippen LogP contribution in [0.15, 0.2) is 113 Å². The quantitative estimate of drug-likeness (QED) is 0.205. The minimum absolute atomic E-state index is 0.321. The Labute approximate surface area is 210 Å². The highest BCUT2D eigenvalue weighted by Crippen LogP contribution is 2.62. The lowest BCUT2D eigenvalue weighted by molar-refractivity contribution is 0.724. The number of halogens is 1. The van der Waals surface area contributed by atoms with Crippen LogP contribution in [-0.4, -0.2) is 0 Å². The Bertz CT molecular complexity index is 1760. The summed E-state index contributed by atoms with van der Waals surface area (Å²) in [6.07, 6.45) is 0. The van der Waals surface area contributed by atoms with Crippen LogP contribution in [0.5, 0.6) is 0 Å². The third kappa shape index (κ3) is 2.27. The summed E-state index contributed by atoms with van der Waals surface area (Å²) in [5.41, 5.74) is 7.87. The zero-order chi connectivity index (χ0) is 22.4. The van der Waals surface area contributed by atoms with Crippen LogP contribution in [0, 0.1) is 0 Å². The second-order valence-corrected chi connectivity index (χ2v) is 11.5. The van der Waals surface area contributed by atoms with Crippen molar-refractivity contribution in [3.63, 3.8) is 0 Å². The van der Waals surface area contributed by atoms with E-state index in [-0.39, 0.29) is 5.41 Å². The molecule has 5 aromatic carbocycles. The SMILES string of the molecule is Clc1cccc2c1sc1cc3c(cc12)Sc1ccccc1C31c2ccccc2-c2ccccc21. The van der Waals surface area contributed by atoms with Gasteiger partial charge in [0, 0.05) is 25.3 Å². The largest absolute Gasteiger partial charge is 0.134 e. The van der Waals surface area contributed by atoms with Crippen molar-refractivity contribution in [2.45, 2.75) is 15.2 Å². The lowest BCUT2D eigenvalue weighted by atomic mass is 9.67. The molecule has 6 aromatic rings. The van der Waals surface area contributed by atoms with Gasteiger partial charge in [-0.05, 0) is 57.6 Å². The number of hydrogen-bond donors (Lipinski definition) is 0. The molecule has 0 saturated heterocycles. The Hall–Kier alpha value is -3.04. The van der Waals surface area contributed by atoms with E-state index in [1.807, 2.05) is 17.8 Å². The molecule has 160 valence electrons. The van der Waals surface area contributed by atoms with Crippen molar-refractivity contribution in [1.29, 1.82) is 0 Å². The van der Waals surface area contributed by atoms with E-state index in [0.717, 1.165) is 5.02 Å². The molecule has 0 amide bonds. The van der Waals surface area contributed by atoms with E-state index >= 15 is 0 Å². The summed E-state index contributed by atoms with van der Waals surface area (Å²) in [6.45, 7) is 0. The average Bonchev–Trinajstić information content (AvgIpc) is 3.39. The van der Waals surface area contributed by atoms with E-state index in [9.17, 15) is 0 Å². The third-order valence-electron chi connectivity index (χ3n) is 7.42. The zero-order valence-electron chi connectivity index (χ0n) is 18.0. The van der Waals surface area contributed by atoms with Crippen molar-refractivity contribution in [2.75, 3.05) is 0 Å². The highest BCUT2D eigenvalue weighted by molar-refractivity contribution is 7.99. The second-order valence-electron chi connectivity index (χ2n) is 9.00. The molecule has 0 fully saturated rings. The number of hydrogen-bond acceptors (Lipinski definition) is 2. The van der Waals surface area contributed by atoms with Gasteiger partial charge in [-0.3, -0.25) is 0 Å². The normalized spacial score (nSPS) is 14.7. The molecule has 1 aliphatic carbocycles. The van der Waals surface area contributed by atoms with Crippen LogP contribution in [0.1, 0.15) is 22.3 Å². The van der Waals surface area contributed by atoms with Crippen molar-refractivity contribution in [2.24, 2.45) is 0 Å². The van der Waals surface area contributed by atoms with E-state index in [2.05, 4.69) is 97.1 Å². The topological polar surface area (TPSA) is 0 Å². The summed E-state index contributed by atoms with van der Waals surface area (Å²) in [4.78, 5) is 2.66. The van der Waals surface area contributed by atoms with E-state index in [4.69, 9.17) is 11.6 Å². The van der Waals surface area contributed by atoms with Crippen LogP contribution >= 0.6 is 34.7 Å². The summed E-state index contributed by atoms with van der Waals surface area (Å²) in [6, 6.07) is 38.0. The van der Waals surface area contributed by atoms with E-state index in [0.29, 0.717) is 0 Å². The number of benzene rings is 5. The third-order valence-corrected chi connectivity index (χ3v) is 10.2. The maximum atomic E-state index is 6.62.